The molecule has 0 radical (unpaired) electrons. The number of halogens is 3. The molecule has 120 valence electrons. The molecule has 0 heterocycles. The fraction of sp³-hybridized carbons (Fsp3) is 0.111. The maximum Gasteiger partial charge on any atom is 0.417 e. The number of carbonyl (C=O) groups excluding carboxylic acids is 1. The average molecular weight is 328 g/mol. The van der Waals surface area contributed by atoms with Crippen molar-refractivity contribution in [3.8, 4) is 17.9 Å². The fourth-order valence-corrected chi connectivity index (χ4v) is 1.90. The quantitative estimate of drug-likeness (QED) is 0.860. The third-order valence-electron chi connectivity index (χ3n) is 3.07. The zero-order valence-corrected chi connectivity index (χ0v) is 12.3. The first-order valence-electron chi connectivity index (χ1n) is 6.85. The van der Waals surface area contributed by atoms with Gasteiger partial charge in [0.1, 0.15) is 0 Å². The van der Waals surface area contributed by atoms with Crippen LogP contribution in [0.15, 0.2) is 48.5 Å². The van der Waals surface area contributed by atoms with Gasteiger partial charge in [0, 0.05) is 11.1 Å². The van der Waals surface area contributed by atoms with E-state index in [1.54, 1.807) is 0 Å². The normalized spacial score (nSPS) is 10.2. The van der Waals surface area contributed by atoms with Crippen molar-refractivity contribution < 1.29 is 18.0 Å². The molecule has 0 atom stereocenters. The summed E-state index contributed by atoms with van der Waals surface area (Å²) in [5, 5.41) is 11.2. The van der Waals surface area contributed by atoms with Gasteiger partial charge in [0.05, 0.1) is 23.7 Å². The molecular formula is C18H11F3N2O. The van der Waals surface area contributed by atoms with Gasteiger partial charge in [0.25, 0.3) is 5.91 Å². The Morgan fingerprint density at radius 3 is 2.38 bits per heavy atom. The van der Waals surface area contributed by atoms with Crippen LogP contribution >= 0.6 is 0 Å². The number of carbonyl (C=O) groups is 1. The molecule has 0 saturated heterocycles. The molecule has 6 heteroatoms. The van der Waals surface area contributed by atoms with Gasteiger partial charge >= 0.3 is 6.18 Å². The summed E-state index contributed by atoms with van der Waals surface area (Å²) in [5.41, 5.74) is -0.185. The number of nitrogens with one attached hydrogen (secondary N) is 1. The highest BCUT2D eigenvalue weighted by atomic mass is 19.4. The zero-order valence-electron chi connectivity index (χ0n) is 12.3. The lowest BCUT2D eigenvalue weighted by Crippen LogP contribution is -2.23. The van der Waals surface area contributed by atoms with Crippen LogP contribution in [0.3, 0.4) is 0 Å². The van der Waals surface area contributed by atoms with Crippen molar-refractivity contribution in [2.24, 2.45) is 0 Å². The van der Waals surface area contributed by atoms with Gasteiger partial charge in [0.2, 0.25) is 0 Å². The van der Waals surface area contributed by atoms with Gasteiger partial charge in [-0.15, -0.1) is 0 Å². The van der Waals surface area contributed by atoms with Crippen molar-refractivity contribution >= 4 is 5.91 Å². The minimum Gasteiger partial charge on any atom is -0.341 e. The Balaban J connectivity index is 2.02. The summed E-state index contributed by atoms with van der Waals surface area (Å²) >= 11 is 0. The second-order valence-corrected chi connectivity index (χ2v) is 4.72. The number of amides is 1. The van der Waals surface area contributed by atoms with E-state index in [2.05, 4.69) is 17.2 Å². The van der Waals surface area contributed by atoms with E-state index in [1.807, 2.05) is 6.07 Å². The lowest BCUT2D eigenvalue weighted by atomic mass is 10.1. The van der Waals surface area contributed by atoms with E-state index in [0.717, 1.165) is 6.07 Å². The van der Waals surface area contributed by atoms with Gasteiger partial charge in [-0.2, -0.15) is 18.4 Å². The maximum atomic E-state index is 12.8. The molecule has 0 aliphatic heterocycles. The molecule has 1 amide bonds. The van der Waals surface area contributed by atoms with E-state index in [1.165, 1.54) is 42.5 Å². The van der Waals surface area contributed by atoms with Crippen LogP contribution in [0.25, 0.3) is 0 Å². The number of benzene rings is 2. The Kier molecular flexibility index (Phi) is 5.23. The van der Waals surface area contributed by atoms with Crippen molar-refractivity contribution in [1.82, 2.24) is 5.32 Å². The Morgan fingerprint density at radius 1 is 1.08 bits per heavy atom. The number of alkyl halides is 3. The summed E-state index contributed by atoms with van der Waals surface area (Å²) in [5.74, 6) is 4.50. The largest absolute Gasteiger partial charge is 0.417 e. The molecule has 0 bridgehead atoms. The van der Waals surface area contributed by atoms with Crippen LogP contribution in [-0.2, 0) is 6.18 Å². The Labute approximate surface area is 136 Å². The van der Waals surface area contributed by atoms with Gasteiger partial charge in [-0.05, 0) is 36.4 Å². The van der Waals surface area contributed by atoms with E-state index in [4.69, 9.17) is 5.26 Å². The molecule has 0 saturated carbocycles. The average Bonchev–Trinajstić information content (AvgIpc) is 2.58. The molecule has 24 heavy (non-hydrogen) atoms. The highest BCUT2D eigenvalue weighted by Gasteiger charge is 2.32. The third kappa shape index (κ3) is 4.37. The molecule has 2 aromatic carbocycles. The first-order chi connectivity index (χ1) is 11.4. The Morgan fingerprint density at radius 2 is 1.75 bits per heavy atom. The highest BCUT2D eigenvalue weighted by Crippen LogP contribution is 2.31. The van der Waals surface area contributed by atoms with E-state index in [0.29, 0.717) is 11.1 Å². The molecule has 0 aromatic heterocycles. The van der Waals surface area contributed by atoms with Crippen LogP contribution in [0.2, 0.25) is 0 Å². The molecule has 0 fully saturated rings. The number of nitriles is 1. The highest BCUT2D eigenvalue weighted by molar-refractivity contribution is 5.94. The van der Waals surface area contributed by atoms with Crippen molar-refractivity contribution in [2.45, 2.75) is 6.18 Å². The number of hydrogen-bond donors (Lipinski definition) is 1. The second kappa shape index (κ2) is 7.34. The number of hydrogen-bond acceptors (Lipinski definition) is 2. The smallest absolute Gasteiger partial charge is 0.341 e. The van der Waals surface area contributed by atoms with Crippen LogP contribution in [-0.4, -0.2) is 12.5 Å². The standard InChI is InChI=1S/C18H11F3N2O/c19-18(20,21)16-6-2-1-4-14(16)5-3-11-23-17(24)15-9-7-13(12-22)8-10-15/h1-2,4,6-10H,11H2,(H,23,24). The summed E-state index contributed by atoms with van der Waals surface area (Å²) in [6, 6.07) is 12.9. The monoisotopic (exact) mass is 328 g/mol. The molecule has 0 unspecified atom stereocenters. The Hall–Kier alpha value is -3.25. The van der Waals surface area contributed by atoms with Crippen molar-refractivity contribution in [1.29, 1.82) is 5.26 Å². The van der Waals surface area contributed by atoms with E-state index < -0.39 is 17.6 Å². The minimum absolute atomic E-state index is 0.0922. The summed E-state index contributed by atoms with van der Waals surface area (Å²) in [6.45, 7) is -0.0922. The molecule has 2 rings (SSSR count). The second-order valence-electron chi connectivity index (χ2n) is 4.72. The van der Waals surface area contributed by atoms with E-state index in [-0.39, 0.29) is 12.1 Å². The van der Waals surface area contributed by atoms with Crippen molar-refractivity contribution in [3.05, 3.63) is 70.8 Å². The SMILES string of the molecule is N#Cc1ccc(C(=O)NCC#Cc2ccccc2C(F)(F)F)cc1. The summed E-state index contributed by atoms with van der Waals surface area (Å²) < 4.78 is 38.4. The summed E-state index contributed by atoms with van der Waals surface area (Å²) in [7, 11) is 0. The molecule has 1 N–H and O–H groups in total. The molecule has 2 aromatic rings. The van der Waals surface area contributed by atoms with Crippen LogP contribution in [0.5, 0.6) is 0 Å². The third-order valence-corrected chi connectivity index (χ3v) is 3.07. The van der Waals surface area contributed by atoms with Gasteiger partial charge in [0.15, 0.2) is 0 Å². The van der Waals surface area contributed by atoms with Crippen molar-refractivity contribution in [3.63, 3.8) is 0 Å². The number of rotatable bonds is 2. The van der Waals surface area contributed by atoms with Crippen LogP contribution in [0.1, 0.15) is 27.0 Å². The topological polar surface area (TPSA) is 52.9 Å². The van der Waals surface area contributed by atoms with Crippen molar-refractivity contribution in [2.75, 3.05) is 6.54 Å². The predicted molar refractivity (Wildman–Crippen MR) is 81.8 cm³/mol. The summed E-state index contributed by atoms with van der Waals surface area (Å²) in [4.78, 5) is 11.8. The Bertz CT molecular complexity index is 838. The molecule has 0 aliphatic rings. The first-order valence-corrected chi connectivity index (χ1v) is 6.85. The molecular weight excluding hydrogens is 317 g/mol. The fourth-order valence-electron chi connectivity index (χ4n) is 1.90. The zero-order chi connectivity index (χ0) is 17.6. The predicted octanol–water partition coefficient (Wildman–Crippen LogP) is 3.36. The van der Waals surface area contributed by atoms with Crippen LogP contribution < -0.4 is 5.32 Å². The van der Waals surface area contributed by atoms with Gasteiger partial charge in [-0.25, -0.2) is 0 Å². The molecule has 0 aliphatic carbocycles. The van der Waals surface area contributed by atoms with Crippen LogP contribution in [0, 0.1) is 23.2 Å². The minimum atomic E-state index is -4.48. The maximum absolute atomic E-state index is 12.8. The number of nitrogens with zero attached hydrogens (tertiary/aromatic N) is 1. The van der Waals surface area contributed by atoms with Gasteiger partial charge in [-0.3, -0.25) is 4.79 Å². The first kappa shape index (κ1) is 17.1. The summed E-state index contributed by atoms with van der Waals surface area (Å²) in [6.07, 6.45) is -4.48. The molecule has 3 nitrogen and oxygen atoms in total. The van der Waals surface area contributed by atoms with E-state index >= 15 is 0 Å². The van der Waals surface area contributed by atoms with Gasteiger partial charge < -0.3 is 5.32 Å². The molecule has 0 spiro atoms. The van der Waals surface area contributed by atoms with E-state index in [9.17, 15) is 18.0 Å². The lowest BCUT2D eigenvalue weighted by molar-refractivity contribution is -0.137. The lowest BCUT2D eigenvalue weighted by Gasteiger charge is -2.08. The van der Waals surface area contributed by atoms with Crippen LogP contribution in [0.4, 0.5) is 13.2 Å². The van der Waals surface area contributed by atoms with Gasteiger partial charge in [-0.1, -0.05) is 24.0 Å².